The number of aromatic nitrogens is 2. The van der Waals surface area contributed by atoms with Crippen LogP contribution in [-0.2, 0) is 6.54 Å². The van der Waals surface area contributed by atoms with Crippen molar-refractivity contribution in [3.05, 3.63) is 93.7 Å². The Morgan fingerprint density at radius 3 is 2.58 bits per heavy atom. The number of carbonyl (C=O) groups is 2. The lowest BCUT2D eigenvalue weighted by molar-refractivity contribution is 0.0594. The molecule has 2 aliphatic heterocycles. The van der Waals surface area contributed by atoms with E-state index in [0.29, 0.717) is 36.3 Å². The molecule has 2 amide bonds. The average Bonchev–Trinajstić information content (AvgIpc) is 2.86. The van der Waals surface area contributed by atoms with E-state index in [1.54, 1.807) is 59.4 Å². The summed E-state index contributed by atoms with van der Waals surface area (Å²) in [5.74, 6) is -0.213. The summed E-state index contributed by atoms with van der Waals surface area (Å²) < 4.78 is 1.74. The third-order valence-electron chi connectivity index (χ3n) is 6.32. The van der Waals surface area contributed by atoms with E-state index < -0.39 is 5.91 Å². The van der Waals surface area contributed by atoms with Crippen molar-refractivity contribution in [2.75, 3.05) is 18.4 Å². The highest BCUT2D eigenvalue weighted by atomic mass is 16.2. The lowest BCUT2D eigenvalue weighted by atomic mass is 9.83. The molecule has 1 aromatic carbocycles. The van der Waals surface area contributed by atoms with Crippen LogP contribution in [0.4, 0.5) is 5.69 Å². The van der Waals surface area contributed by atoms with Crippen LogP contribution in [0.2, 0.25) is 0 Å². The summed E-state index contributed by atoms with van der Waals surface area (Å²) in [4.78, 5) is 44.6. The van der Waals surface area contributed by atoms with Crippen LogP contribution in [-0.4, -0.2) is 39.4 Å². The van der Waals surface area contributed by atoms with Gasteiger partial charge in [0.15, 0.2) is 0 Å². The van der Waals surface area contributed by atoms with E-state index in [9.17, 15) is 14.4 Å². The minimum absolute atomic E-state index is 0.0418. The Labute approximate surface area is 190 Å². The standard InChI is InChI=1S/C25H21N5O3/c26-11-16-3-5-18(6-4-16)23(31)28-21-7-8-22-20-10-17(14-30(22)25(21)33)13-29(15-20)24(32)19-2-1-9-27-12-19/h1-9,12,17,20H,10,13-15H2,(H,28,31)/t17-,20+/m0/s1. The maximum absolute atomic E-state index is 13.2. The molecule has 0 spiro atoms. The molecule has 8 heteroatoms. The summed E-state index contributed by atoms with van der Waals surface area (Å²) in [6, 6.07) is 15.3. The van der Waals surface area contributed by atoms with E-state index in [1.807, 2.05) is 17.0 Å². The van der Waals surface area contributed by atoms with Gasteiger partial charge in [-0.25, -0.2) is 0 Å². The van der Waals surface area contributed by atoms with Gasteiger partial charge in [0.2, 0.25) is 0 Å². The molecule has 2 bridgehead atoms. The lowest BCUT2D eigenvalue weighted by Gasteiger charge is -2.42. The Kier molecular flexibility index (Phi) is 5.23. The second-order valence-electron chi connectivity index (χ2n) is 8.48. The maximum atomic E-state index is 13.2. The molecule has 0 radical (unpaired) electrons. The van der Waals surface area contributed by atoms with Gasteiger partial charge in [0.05, 0.1) is 17.2 Å². The summed E-state index contributed by atoms with van der Waals surface area (Å²) >= 11 is 0. The summed E-state index contributed by atoms with van der Waals surface area (Å²) in [7, 11) is 0. The molecule has 4 heterocycles. The summed E-state index contributed by atoms with van der Waals surface area (Å²) in [5.41, 5.74) is 2.26. The predicted octanol–water partition coefficient (Wildman–Crippen LogP) is 2.63. The number of pyridine rings is 2. The Morgan fingerprint density at radius 2 is 1.85 bits per heavy atom. The predicted molar refractivity (Wildman–Crippen MR) is 121 cm³/mol. The SMILES string of the molecule is N#Cc1ccc(C(=O)Nc2ccc3n(c2=O)C[C@H]2C[C@@H]3CN(C(=O)c3cccnc3)C2)cc1. The largest absolute Gasteiger partial charge is 0.338 e. The number of likely N-dealkylation sites (tertiary alicyclic amines) is 1. The molecule has 0 unspecified atom stereocenters. The van der Waals surface area contributed by atoms with Crippen molar-refractivity contribution in [1.82, 2.24) is 14.5 Å². The molecule has 0 saturated carbocycles. The first kappa shape index (κ1) is 20.6. The molecule has 1 saturated heterocycles. The third-order valence-corrected chi connectivity index (χ3v) is 6.32. The van der Waals surface area contributed by atoms with Crippen molar-refractivity contribution in [2.24, 2.45) is 5.92 Å². The van der Waals surface area contributed by atoms with Crippen LogP contribution in [0.15, 0.2) is 65.7 Å². The van der Waals surface area contributed by atoms with Crippen LogP contribution in [0.5, 0.6) is 0 Å². The molecular formula is C25H21N5O3. The fourth-order valence-corrected chi connectivity index (χ4v) is 4.77. The molecule has 2 aromatic heterocycles. The topological polar surface area (TPSA) is 108 Å². The van der Waals surface area contributed by atoms with E-state index >= 15 is 0 Å². The van der Waals surface area contributed by atoms with Gasteiger partial charge in [-0.3, -0.25) is 19.4 Å². The van der Waals surface area contributed by atoms with E-state index in [-0.39, 0.29) is 29.0 Å². The van der Waals surface area contributed by atoms with Crippen molar-refractivity contribution in [1.29, 1.82) is 5.26 Å². The quantitative estimate of drug-likeness (QED) is 0.675. The molecule has 2 atom stereocenters. The summed E-state index contributed by atoms with van der Waals surface area (Å²) in [6.45, 7) is 1.63. The molecule has 5 rings (SSSR count). The number of fused-ring (bicyclic) bond motifs is 4. The molecule has 1 fully saturated rings. The van der Waals surface area contributed by atoms with Gasteiger partial charge >= 0.3 is 0 Å². The highest BCUT2D eigenvalue weighted by Gasteiger charge is 2.37. The van der Waals surface area contributed by atoms with Crippen LogP contribution in [0.3, 0.4) is 0 Å². The van der Waals surface area contributed by atoms with Gasteiger partial charge < -0.3 is 14.8 Å². The third kappa shape index (κ3) is 3.89. The van der Waals surface area contributed by atoms with Crippen molar-refractivity contribution in [3.8, 4) is 6.07 Å². The van der Waals surface area contributed by atoms with Gasteiger partial charge in [0.25, 0.3) is 17.4 Å². The number of piperidine rings is 1. The zero-order valence-electron chi connectivity index (χ0n) is 17.8. The van der Waals surface area contributed by atoms with Crippen molar-refractivity contribution >= 4 is 17.5 Å². The number of amides is 2. The van der Waals surface area contributed by atoms with Crippen molar-refractivity contribution < 1.29 is 9.59 Å². The van der Waals surface area contributed by atoms with Gasteiger partial charge in [0.1, 0.15) is 5.69 Å². The van der Waals surface area contributed by atoms with Crippen LogP contribution in [0.25, 0.3) is 0 Å². The molecular weight excluding hydrogens is 418 g/mol. The van der Waals surface area contributed by atoms with Crippen LogP contribution < -0.4 is 10.9 Å². The highest BCUT2D eigenvalue weighted by molar-refractivity contribution is 6.04. The minimum Gasteiger partial charge on any atom is -0.338 e. The number of nitrogens with zero attached hydrogens (tertiary/aromatic N) is 4. The van der Waals surface area contributed by atoms with Crippen molar-refractivity contribution in [3.63, 3.8) is 0 Å². The number of rotatable bonds is 3. The normalized spacial score (nSPS) is 18.7. The Morgan fingerprint density at radius 1 is 1.03 bits per heavy atom. The highest BCUT2D eigenvalue weighted by Crippen LogP contribution is 2.36. The second kappa shape index (κ2) is 8.36. The maximum Gasteiger partial charge on any atom is 0.274 e. The van der Waals surface area contributed by atoms with Crippen molar-refractivity contribution in [2.45, 2.75) is 18.9 Å². The number of hydrogen-bond donors (Lipinski definition) is 1. The van der Waals surface area contributed by atoms with Gasteiger partial charge in [-0.1, -0.05) is 0 Å². The van der Waals surface area contributed by atoms with E-state index in [0.717, 1.165) is 12.1 Å². The first-order valence-electron chi connectivity index (χ1n) is 10.8. The van der Waals surface area contributed by atoms with E-state index in [1.165, 1.54) is 0 Å². The van der Waals surface area contributed by atoms with E-state index in [4.69, 9.17) is 5.26 Å². The first-order chi connectivity index (χ1) is 16.0. The Bertz CT molecular complexity index is 1320. The van der Waals surface area contributed by atoms with Crippen LogP contribution in [0, 0.1) is 17.2 Å². The molecule has 164 valence electrons. The number of benzene rings is 1. The zero-order valence-corrected chi connectivity index (χ0v) is 17.8. The number of anilines is 1. The Hall–Kier alpha value is -4.25. The zero-order chi connectivity index (χ0) is 22.9. The molecule has 0 aliphatic carbocycles. The van der Waals surface area contributed by atoms with Crippen LogP contribution in [0.1, 0.15) is 44.3 Å². The number of hydrogen-bond acceptors (Lipinski definition) is 5. The lowest BCUT2D eigenvalue weighted by Crippen LogP contribution is -2.49. The number of nitriles is 1. The number of carbonyl (C=O) groups excluding carboxylic acids is 2. The molecule has 2 aliphatic rings. The summed E-state index contributed by atoms with van der Waals surface area (Å²) in [6.07, 6.45) is 4.14. The monoisotopic (exact) mass is 439 g/mol. The molecule has 8 nitrogen and oxygen atoms in total. The molecule has 33 heavy (non-hydrogen) atoms. The minimum atomic E-state index is -0.401. The summed E-state index contributed by atoms with van der Waals surface area (Å²) in [5, 5.41) is 11.6. The average molecular weight is 439 g/mol. The van der Waals surface area contributed by atoms with Gasteiger partial charge in [-0.05, 0) is 60.9 Å². The van der Waals surface area contributed by atoms with Gasteiger partial charge in [0, 0.05) is 49.2 Å². The van der Waals surface area contributed by atoms with E-state index in [2.05, 4.69) is 10.3 Å². The fourth-order valence-electron chi connectivity index (χ4n) is 4.77. The van der Waals surface area contributed by atoms with Gasteiger partial charge in [-0.15, -0.1) is 0 Å². The Balaban J connectivity index is 1.36. The fraction of sp³-hybridized carbons (Fsp3) is 0.240. The first-order valence-corrected chi connectivity index (χ1v) is 10.8. The second-order valence-corrected chi connectivity index (χ2v) is 8.48. The van der Waals surface area contributed by atoms with Gasteiger partial charge in [-0.2, -0.15) is 5.26 Å². The smallest absolute Gasteiger partial charge is 0.274 e. The molecule has 1 N–H and O–H groups in total. The number of nitrogens with one attached hydrogen (secondary N) is 1. The molecule has 3 aromatic rings. The van der Waals surface area contributed by atoms with Crippen LogP contribution >= 0.6 is 0 Å².